The lowest BCUT2D eigenvalue weighted by atomic mass is 10.0. The summed E-state index contributed by atoms with van der Waals surface area (Å²) in [6.07, 6.45) is 3.33. The topological polar surface area (TPSA) is 57.7 Å². The molecule has 3 amide bonds. The molecule has 2 aromatic carbocycles. The van der Waals surface area contributed by atoms with Crippen molar-refractivity contribution in [3.63, 3.8) is 0 Å². The first-order valence-corrected chi connectivity index (χ1v) is 9.16. The minimum absolute atomic E-state index is 0.133. The Morgan fingerprint density at radius 1 is 1.11 bits per heavy atom. The summed E-state index contributed by atoms with van der Waals surface area (Å²) >= 11 is 0. The summed E-state index contributed by atoms with van der Waals surface area (Å²) in [5, 5.41) is 0. The predicted molar refractivity (Wildman–Crippen MR) is 101 cm³/mol. The highest BCUT2D eigenvalue weighted by Gasteiger charge is 2.37. The van der Waals surface area contributed by atoms with Gasteiger partial charge in [-0.2, -0.15) is 0 Å². The van der Waals surface area contributed by atoms with Crippen LogP contribution in [0.3, 0.4) is 0 Å². The molecule has 142 valence electrons. The molecule has 0 spiro atoms. The van der Waals surface area contributed by atoms with E-state index in [4.69, 9.17) is 0 Å². The highest BCUT2D eigenvalue weighted by Crippen LogP contribution is 2.31. The van der Waals surface area contributed by atoms with Crippen molar-refractivity contribution < 1.29 is 18.8 Å². The van der Waals surface area contributed by atoms with E-state index in [1.807, 2.05) is 0 Å². The summed E-state index contributed by atoms with van der Waals surface area (Å²) in [7, 11) is 0. The lowest BCUT2D eigenvalue weighted by Gasteiger charge is -2.23. The van der Waals surface area contributed by atoms with E-state index in [1.165, 1.54) is 30.3 Å². The van der Waals surface area contributed by atoms with Gasteiger partial charge in [-0.25, -0.2) is 4.39 Å². The molecular weight excluding hydrogens is 359 g/mol. The van der Waals surface area contributed by atoms with E-state index in [9.17, 15) is 18.8 Å². The number of imide groups is 1. The molecule has 0 saturated heterocycles. The van der Waals surface area contributed by atoms with E-state index >= 15 is 0 Å². The number of benzene rings is 2. The maximum absolute atomic E-state index is 13.2. The van der Waals surface area contributed by atoms with E-state index < -0.39 is 5.91 Å². The summed E-state index contributed by atoms with van der Waals surface area (Å²) in [6.45, 7) is 4.07. The van der Waals surface area contributed by atoms with Crippen molar-refractivity contribution in [2.45, 2.75) is 25.4 Å². The van der Waals surface area contributed by atoms with Crippen molar-refractivity contribution >= 4 is 17.7 Å². The summed E-state index contributed by atoms with van der Waals surface area (Å²) in [5.41, 5.74) is 1.76. The maximum atomic E-state index is 13.2. The molecule has 1 aliphatic carbocycles. The van der Waals surface area contributed by atoms with Gasteiger partial charge in [-0.3, -0.25) is 19.3 Å². The molecular formula is C22H19FN2O3. The second-order valence-electron chi connectivity index (χ2n) is 7.06. The van der Waals surface area contributed by atoms with Crippen LogP contribution in [0, 0.1) is 5.82 Å². The van der Waals surface area contributed by atoms with Crippen LogP contribution in [0.5, 0.6) is 0 Å². The molecule has 1 fully saturated rings. The van der Waals surface area contributed by atoms with Crippen LogP contribution < -0.4 is 0 Å². The van der Waals surface area contributed by atoms with E-state index in [1.54, 1.807) is 23.1 Å². The zero-order chi connectivity index (χ0) is 19.8. The molecule has 6 heteroatoms. The van der Waals surface area contributed by atoms with Crippen LogP contribution >= 0.6 is 0 Å². The van der Waals surface area contributed by atoms with Gasteiger partial charge in [-0.1, -0.05) is 18.2 Å². The van der Waals surface area contributed by atoms with E-state index in [0.29, 0.717) is 17.7 Å². The molecule has 0 bridgehead atoms. The van der Waals surface area contributed by atoms with Crippen LogP contribution in [-0.2, 0) is 6.54 Å². The molecule has 1 aliphatic heterocycles. The minimum Gasteiger partial charge on any atom is -0.331 e. The Labute approximate surface area is 162 Å². The third kappa shape index (κ3) is 3.22. The van der Waals surface area contributed by atoms with Gasteiger partial charge in [-0.05, 0) is 48.7 Å². The number of amides is 3. The Balaban J connectivity index is 1.61. The average molecular weight is 378 g/mol. The van der Waals surface area contributed by atoms with Gasteiger partial charge in [0.15, 0.2) is 0 Å². The first-order chi connectivity index (χ1) is 13.5. The standard InChI is InChI=1S/C22H19FN2O3/c1-2-11-24-21(27)18-10-5-15(12-19(18)22(24)28)20(26)25(17-8-9-17)13-14-3-6-16(23)7-4-14/h2-7,10,12,17H,1,8-9,11,13H2. The van der Waals surface area contributed by atoms with E-state index in [2.05, 4.69) is 6.58 Å². The second kappa shape index (κ2) is 7.03. The molecule has 0 aromatic heterocycles. The second-order valence-corrected chi connectivity index (χ2v) is 7.06. The summed E-state index contributed by atoms with van der Waals surface area (Å²) in [6, 6.07) is 10.8. The molecule has 2 aliphatic rings. The van der Waals surface area contributed by atoms with Gasteiger partial charge < -0.3 is 4.90 Å². The Kier molecular flexibility index (Phi) is 4.55. The van der Waals surface area contributed by atoms with Crippen molar-refractivity contribution in [1.29, 1.82) is 0 Å². The third-order valence-electron chi connectivity index (χ3n) is 5.04. The van der Waals surface area contributed by atoms with Crippen LogP contribution in [0.2, 0.25) is 0 Å². The van der Waals surface area contributed by atoms with Crippen molar-refractivity contribution in [2.75, 3.05) is 6.54 Å². The van der Waals surface area contributed by atoms with Gasteiger partial charge in [-0.15, -0.1) is 6.58 Å². The molecule has 0 unspecified atom stereocenters. The summed E-state index contributed by atoms with van der Waals surface area (Å²) < 4.78 is 13.2. The zero-order valence-electron chi connectivity index (χ0n) is 15.2. The van der Waals surface area contributed by atoms with Crippen molar-refractivity contribution in [3.8, 4) is 0 Å². The predicted octanol–water partition coefficient (Wildman–Crippen LogP) is 3.41. The first kappa shape index (κ1) is 18.1. The molecule has 1 heterocycles. The smallest absolute Gasteiger partial charge is 0.261 e. The lowest BCUT2D eigenvalue weighted by Crippen LogP contribution is -2.32. The highest BCUT2D eigenvalue weighted by molar-refractivity contribution is 6.22. The van der Waals surface area contributed by atoms with Gasteiger partial charge in [0.25, 0.3) is 17.7 Å². The van der Waals surface area contributed by atoms with Crippen LogP contribution in [0.1, 0.15) is 49.5 Å². The number of rotatable bonds is 6. The fraction of sp³-hybridized carbons (Fsp3) is 0.227. The van der Waals surface area contributed by atoms with Gasteiger partial charge in [0, 0.05) is 24.7 Å². The van der Waals surface area contributed by atoms with Gasteiger partial charge in [0.2, 0.25) is 0 Å². The molecule has 1 saturated carbocycles. The van der Waals surface area contributed by atoms with E-state index in [-0.39, 0.29) is 35.8 Å². The normalized spacial score (nSPS) is 15.5. The SMILES string of the molecule is C=CCN1C(=O)c2ccc(C(=O)N(Cc3ccc(F)cc3)C3CC3)cc2C1=O. The van der Waals surface area contributed by atoms with Crippen LogP contribution in [0.4, 0.5) is 4.39 Å². The van der Waals surface area contributed by atoms with Crippen LogP contribution in [0.25, 0.3) is 0 Å². The highest BCUT2D eigenvalue weighted by atomic mass is 19.1. The van der Waals surface area contributed by atoms with E-state index in [0.717, 1.165) is 23.3 Å². The Hall–Kier alpha value is -3.28. The lowest BCUT2D eigenvalue weighted by molar-refractivity contribution is 0.0671. The average Bonchev–Trinajstić information content (AvgIpc) is 3.51. The fourth-order valence-corrected chi connectivity index (χ4v) is 3.42. The molecule has 4 rings (SSSR count). The quantitative estimate of drug-likeness (QED) is 0.572. The maximum Gasteiger partial charge on any atom is 0.261 e. The van der Waals surface area contributed by atoms with Crippen molar-refractivity contribution in [2.24, 2.45) is 0 Å². The number of halogens is 1. The zero-order valence-corrected chi connectivity index (χ0v) is 15.2. The third-order valence-corrected chi connectivity index (χ3v) is 5.04. The van der Waals surface area contributed by atoms with Gasteiger partial charge in [0.1, 0.15) is 5.82 Å². The molecule has 28 heavy (non-hydrogen) atoms. The van der Waals surface area contributed by atoms with Gasteiger partial charge >= 0.3 is 0 Å². The molecule has 0 N–H and O–H groups in total. The number of hydrogen-bond donors (Lipinski definition) is 0. The molecule has 5 nitrogen and oxygen atoms in total. The Bertz CT molecular complexity index is 980. The largest absolute Gasteiger partial charge is 0.331 e. The number of fused-ring (bicyclic) bond motifs is 1. The van der Waals surface area contributed by atoms with Crippen LogP contribution in [-0.4, -0.2) is 40.1 Å². The van der Waals surface area contributed by atoms with Gasteiger partial charge in [0.05, 0.1) is 11.1 Å². The Morgan fingerprint density at radius 2 is 1.79 bits per heavy atom. The van der Waals surface area contributed by atoms with Crippen LogP contribution in [0.15, 0.2) is 55.1 Å². The number of carbonyl (C=O) groups is 3. The number of carbonyl (C=O) groups excluding carboxylic acids is 3. The summed E-state index contributed by atoms with van der Waals surface area (Å²) in [5.74, 6) is -1.30. The fourth-order valence-electron chi connectivity index (χ4n) is 3.42. The first-order valence-electron chi connectivity index (χ1n) is 9.16. The minimum atomic E-state index is -0.411. The molecule has 2 aromatic rings. The molecule has 0 atom stereocenters. The van der Waals surface area contributed by atoms with Crippen molar-refractivity contribution in [1.82, 2.24) is 9.80 Å². The number of nitrogens with zero attached hydrogens (tertiary/aromatic N) is 2. The summed E-state index contributed by atoms with van der Waals surface area (Å²) in [4.78, 5) is 40.8. The Morgan fingerprint density at radius 3 is 2.43 bits per heavy atom. The monoisotopic (exact) mass is 378 g/mol. The number of hydrogen-bond acceptors (Lipinski definition) is 3. The molecule has 0 radical (unpaired) electrons. The van der Waals surface area contributed by atoms with Crippen molar-refractivity contribution in [3.05, 3.63) is 83.2 Å².